The van der Waals surface area contributed by atoms with Gasteiger partial charge in [-0.1, -0.05) is 0 Å². The molecular weight excluding hydrogens is 130 g/mol. The van der Waals surface area contributed by atoms with Crippen molar-refractivity contribution in [2.75, 3.05) is 6.54 Å². The first-order chi connectivity index (χ1) is 4.88. The fourth-order valence-electron chi connectivity index (χ4n) is 0.822. The number of rotatable bonds is 0. The highest BCUT2D eigenvalue weighted by Crippen LogP contribution is 2.12. The van der Waals surface area contributed by atoms with Gasteiger partial charge < -0.3 is 0 Å². The molecule has 0 fully saturated rings. The molecule has 1 aromatic heterocycles. The molecule has 0 bridgehead atoms. The number of hydrogen-bond acceptors (Lipinski definition) is 4. The molecule has 0 unspecified atom stereocenters. The molecule has 1 aromatic rings. The number of imidazole rings is 1. The molecule has 2 heterocycles. The summed E-state index contributed by atoms with van der Waals surface area (Å²) < 4.78 is 1.60. The number of nitrogens with one attached hydrogen (secondary N) is 1. The van der Waals surface area contributed by atoms with Gasteiger partial charge >= 0.3 is 0 Å². The van der Waals surface area contributed by atoms with E-state index in [4.69, 9.17) is 5.41 Å². The fraction of sp³-hybridized carbons (Fsp3) is 0.200. The maximum Gasteiger partial charge on any atom is 0.254 e. The molecule has 0 saturated heterocycles. The molecule has 10 heavy (non-hydrogen) atoms. The summed E-state index contributed by atoms with van der Waals surface area (Å²) >= 11 is 0. The zero-order chi connectivity index (χ0) is 6.97. The highest BCUT2D eigenvalue weighted by atomic mass is 15.3. The smallest absolute Gasteiger partial charge is 0.254 e. The van der Waals surface area contributed by atoms with Crippen LogP contribution in [0.3, 0.4) is 0 Å². The average Bonchev–Trinajstić information content (AvgIpc) is 2.36. The van der Waals surface area contributed by atoms with E-state index in [-0.39, 0.29) is 0 Å². The number of azo groups is 1. The van der Waals surface area contributed by atoms with Crippen molar-refractivity contribution < 1.29 is 0 Å². The second kappa shape index (κ2) is 1.73. The normalized spacial score (nSPS) is 15.4. The van der Waals surface area contributed by atoms with E-state index in [9.17, 15) is 0 Å². The molecule has 50 valence electrons. The summed E-state index contributed by atoms with van der Waals surface area (Å²) in [6.45, 7) is 0.351. The third-order valence-electron chi connectivity index (χ3n) is 1.29. The first-order valence-electron chi connectivity index (χ1n) is 2.86. The molecule has 1 aliphatic rings. The topological polar surface area (TPSA) is 66.4 Å². The molecule has 0 amide bonds. The molecule has 2 rings (SSSR count). The zero-order valence-electron chi connectivity index (χ0n) is 5.15. The van der Waals surface area contributed by atoms with Gasteiger partial charge in [0.25, 0.3) is 5.95 Å². The first kappa shape index (κ1) is 5.28. The minimum absolute atomic E-state index is 0.351. The molecule has 0 radical (unpaired) electrons. The largest absolute Gasteiger partial charge is 0.286 e. The predicted molar refractivity (Wildman–Crippen MR) is 34.7 cm³/mol. The van der Waals surface area contributed by atoms with E-state index < -0.39 is 0 Å². The van der Waals surface area contributed by atoms with Gasteiger partial charge in [0, 0.05) is 12.4 Å². The summed E-state index contributed by atoms with van der Waals surface area (Å²) in [7, 11) is 0. The predicted octanol–water partition coefficient (Wildman–Crippen LogP) is 0.806. The van der Waals surface area contributed by atoms with Crippen LogP contribution in [-0.4, -0.2) is 21.9 Å². The summed E-state index contributed by atoms with van der Waals surface area (Å²) in [5.74, 6) is 0.916. The molecular formula is C5H5N5. The van der Waals surface area contributed by atoms with Crippen molar-refractivity contribution in [3.63, 3.8) is 0 Å². The van der Waals surface area contributed by atoms with Gasteiger partial charge in [-0.3, -0.25) is 9.98 Å². The number of nitrogens with zero attached hydrogens (tertiary/aromatic N) is 4. The molecule has 0 spiro atoms. The van der Waals surface area contributed by atoms with Gasteiger partial charge in [0.2, 0.25) is 0 Å². The van der Waals surface area contributed by atoms with E-state index in [1.165, 1.54) is 0 Å². The minimum Gasteiger partial charge on any atom is -0.286 e. The Balaban J connectivity index is 2.62. The van der Waals surface area contributed by atoms with E-state index >= 15 is 0 Å². The van der Waals surface area contributed by atoms with Crippen molar-refractivity contribution in [1.82, 2.24) is 9.55 Å². The Hall–Kier alpha value is -1.52. The lowest BCUT2D eigenvalue weighted by Gasteiger charge is -2.05. The summed E-state index contributed by atoms with van der Waals surface area (Å²) in [5.41, 5.74) is 0. The van der Waals surface area contributed by atoms with Crippen LogP contribution < -0.4 is 0 Å². The van der Waals surface area contributed by atoms with Crippen LogP contribution in [0.25, 0.3) is 0 Å². The van der Waals surface area contributed by atoms with Crippen molar-refractivity contribution in [2.45, 2.75) is 0 Å². The minimum atomic E-state index is 0.351. The van der Waals surface area contributed by atoms with E-state index in [0.717, 1.165) is 0 Å². The Kier molecular flexibility index (Phi) is 0.913. The van der Waals surface area contributed by atoms with Crippen LogP contribution >= 0.6 is 0 Å². The van der Waals surface area contributed by atoms with Crippen LogP contribution in [-0.2, 0) is 0 Å². The molecule has 1 aliphatic heterocycles. The van der Waals surface area contributed by atoms with Gasteiger partial charge in [0.1, 0.15) is 12.4 Å². The van der Waals surface area contributed by atoms with Gasteiger partial charge in [-0.25, -0.2) is 4.98 Å². The van der Waals surface area contributed by atoms with E-state index in [0.29, 0.717) is 18.3 Å². The summed E-state index contributed by atoms with van der Waals surface area (Å²) in [6.07, 6.45) is 3.31. The van der Waals surface area contributed by atoms with Gasteiger partial charge in [-0.2, -0.15) is 5.11 Å². The van der Waals surface area contributed by atoms with Crippen molar-refractivity contribution in [2.24, 2.45) is 10.2 Å². The van der Waals surface area contributed by atoms with Crippen LogP contribution in [0.1, 0.15) is 0 Å². The second-order valence-corrected chi connectivity index (χ2v) is 1.94. The molecule has 1 N–H and O–H groups in total. The highest BCUT2D eigenvalue weighted by molar-refractivity contribution is 5.86. The number of fused-ring (bicyclic) bond motifs is 1. The zero-order valence-corrected chi connectivity index (χ0v) is 5.15. The Morgan fingerprint density at radius 1 is 1.60 bits per heavy atom. The quantitative estimate of drug-likeness (QED) is 0.561. The third kappa shape index (κ3) is 0.570. The van der Waals surface area contributed by atoms with Crippen molar-refractivity contribution in [3.8, 4) is 0 Å². The molecule has 0 aromatic carbocycles. The van der Waals surface area contributed by atoms with Crippen molar-refractivity contribution in [3.05, 3.63) is 12.4 Å². The Bertz CT molecular complexity index is 297. The van der Waals surface area contributed by atoms with E-state index in [1.54, 1.807) is 17.0 Å². The number of aromatic nitrogens is 2. The maximum atomic E-state index is 7.36. The van der Waals surface area contributed by atoms with Crippen molar-refractivity contribution >= 4 is 11.8 Å². The van der Waals surface area contributed by atoms with Crippen molar-refractivity contribution in [1.29, 1.82) is 5.41 Å². The van der Waals surface area contributed by atoms with Gasteiger partial charge in [0.15, 0.2) is 0 Å². The van der Waals surface area contributed by atoms with E-state index in [1.807, 2.05) is 0 Å². The van der Waals surface area contributed by atoms with E-state index in [2.05, 4.69) is 15.2 Å². The lowest BCUT2D eigenvalue weighted by atomic mass is 10.5. The number of hydrogen-bond donors (Lipinski definition) is 1. The lowest BCUT2D eigenvalue weighted by molar-refractivity contribution is 0.917. The SMILES string of the molecule is N=C1CN=Nc2nccn21. The average molecular weight is 135 g/mol. The highest BCUT2D eigenvalue weighted by Gasteiger charge is 2.09. The Morgan fingerprint density at radius 3 is 3.30 bits per heavy atom. The monoisotopic (exact) mass is 135 g/mol. The lowest BCUT2D eigenvalue weighted by Crippen LogP contribution is -2.14. The summed E-state index contributed by atoms with van der Waals surface area (Å²) in [6, 6.07) is 0. The van der Waals surface area contributed by atoms with Gasteiger partial charge in [-0.05, 0) is 0 Å². The first-order valence-corrected chi connectivity index (χ1v) is 2.86. The Morgan fingerprint density at radius 2 is 2.50 bits per heavy atom. The van der Waals surface area contributed by atoms with Gasteiger partial charge in [0.05, 0.1) is 0 Å². The molecule has 0 aliphatic carbocycles. The summed E-state index contributed by atoms with van der Waals surface area (Å²) in [4.78, 5) is 3.87. The van der Waals surface area contributed by atoms with Crippen LogP contribution in [0.4, 0.5) is 5.95 Å². The van der Waals surface area contributed by atoms with Crippen LogP contribution in [0.2, 0.25) is 0 Å². The van der Waals surface area contributed by atoms with Crippen LogP contribution in [0, 0.1) is 5.41 Å². The molecule has 5 heteroatoms. The molecule has 0 saturated carbocycles. The van der Waals surface area contributed by atoms with Crippen LogP contribution in [0.15, 0.2) is 22.6 Å². The second-order valence-electron chi connectivity index (χ2n) is 1.94. The standard InChI is InChI=1S/C5H5N5/c6-4-3-8-9-5-7-1-2-10(4)5/h1-2,6H,3H2. The maximum absolute atomic E-state index is 7.36. The third-order valence-corrected chi connectivity index (χ3v) is 1.29. The molecule has 5 nitrogen and oxygen atoms in total. The Labute approximate surface area is 56.9 Å². The van der Waals surface area contributed by atoms with Gasteiger partial charge in [-0.15, -0.1) is 5.11 Å². The molecule has 0 atom stereocenters. The van der Waals surface area contributed by atoms with Crippen LogP contribution in [0.5, 0.6) is 0 Å². The fourth-order valence-corrected chi connectivity index (χ4v) is 0.822. The summed E-state index contributed by atoms with van der Waals surface area (Å²) in [5, 5.41) is 14.8.